The molecule has 4 heteroatoms. The van der Waals surface area contributed by atoms with Crippen molar-refractivity contribution in [1.82, 2.24) is 10.2 Å². The summed E-state index contributed by atoms with van der Waals surface area (Å²) in [5, 5.41) is 7.44. The van der Waals surface area contributed by atoms with Crippen LogP contribution in [0.2, 0.25) is 0 Å². The highest BCUT2D eigenvalue weighted by Crippen LogP contribution is 2.20. The van der Waals surface area contributed by atoms with E-state index in [-0.39, 0.29) is 0 Å². The fraction of sp³-hybridized carbons (Fsp3) is 0.429. The Balaban J connectivity index is 3.10. The summed E-state index contributed by atoms with van der Waals surface area (Å²) in [5.74, 6) is 0.407. The molecule has 0 radical (unpaired) electrons. The molecule has 0 aromatic carbocycles. The van der Waals surface area contributed by atoms with Crippen molar-refractivity contribution in [3.63, 3.8) is 0 Å². The van der Waals surface area contributed by atoms with Crippen molar-refractivity contribution in [2.24, 2.45) is 0 Å². The summed E-state index contributed by atoms with van der Waals surface area (Å²) in [6.07, 6.45) is 2.50. The molecular formula is C7H11N3O. The van der Waals surface area contributed by atoms with Crippen LogP contribution in [0.5, 0.6) is 5.88 Å². The van der Waals surface area contributed by atoms with Gasteiger partial charge in [-0.2, -0.15) is 5.10 Å². The maximum Gasteiger partial charge on any atom is 0.256 e. The number of nitrogen functional groups attached to an aromatic ring is 1. The second-order valence-electron chi connectivity index (χ2n) is 2.15. The number of hydrogen-bond donors (Lipinski definition) is 1. The Morgan fingerprint density at radius 2 is 2.36 bits per heavy atom. The summed E-state index contributed by atoms with van der Waals surface area (Å²) in [5.41, 5.74) is 7.23. The Bertz CT molecular complexity index is 227. The molecule has 0 unspecified atom stereocenters. The zero-order valence-electron chi connectivity index (χ0n) is 6.66. The summed E-state index contributed by atoms with van der Waals surface area (Å²) < 4.78 is 4.89. The number of nitrogens with zero attached hydrogens (tertiary/aromatic N) is 2. The molecule has 0 atom stereocenters. The van der Waals surface area contributed by atoms with Crippen molar-refractivity contribution in [2.75, 3.05) is 12.8 Å². The predicted octanol–water partition coefficient (Wildman–Crippen LogP) is 0.630. The fourth-order valence-electron chi connectivity index (χ4n) is 0.844. The first kappa shape index (κ1) is 7.78. The molecule has 1 rings (SSSR count). The molecule has 60 valence electrons. The number of rotatable bonds is 2. The lowest BCUT2D eigenvalue weighted by Gasteiger charge is -2.04. The molecule has 1 heterocycles. The molecule has 2 N–H and O–H groups in total. The van der Waals surface area contributed by atoms with Gasteiger partial charge in [0.2, 0.25) is 0 Å². The highest BCUT2D eigenvalue weighted by molar-refractivity contribution is 5.53. The number of anilines is 1. The predicted molar refractivity (Wildman–Crippen MR) is 42.4 cm³/mol. The topological polar surface area (TPSA) is 61.0 Å². The van der Waals surface area contributed by atoms with E-state index in [9.17, 15) is 0 Å². The summed E-state index contributed by atoms with van der Waals surface area (Å²) in [7, 11) is 1.53. The molecule has 0 amide bonds. The standard InChI is InChI=1S/C7H11N3O/c1-3-5-4-9-10-7(11-2)6(5)8/h4H,3H2,1-2H3,(H2,8,9). The SMILES string of the molecule is CCc1cnnc(OC)c1N. The summed E-state index contributed by atoms with van der Waals surface area (Å²) in [4.78, 5) is 0. The summed E-state index contributed by atoms with van der Waals surface area (Å²) >= 11 is 0. The molecule has 0 aliphatic carbocycles. The average molecular weight is 153 g/mol. The van der Waals surface area contributed by atoms with Crippen LogP contribution in [-0.4, -0.2) is 17.3 Å². The maximum atomic E-state index is 5.68. The van der Waals surface area contributed by atoms with E-state index in [0.717, 1.165) is 12.0 Å². The number of aromatic nitrogens is 2. The number of methoxy groups -OCH3 is 1. The van der Waals surface area contributed by atoms with Gasteiger partial charge >= 0.3 is 0 Å². The lowest BCUT2D eigenvalue weighted by atomic mass is 10.2. The van der Waals surface area contributed by atoms with Crippen molar-refractivity contribution in [3.05, 3.63) is 11.8 Å². The molecule has 11 heavy (non-hydrogen) atoms. The van der Waals surface area contributed by atoms with Crippen LogP contribution in [0.4, 0.5) is 5.69 Å². The van der Waals surface area contributed by atoms with E-state index in [4.69, 9.17) is 10.5 Å². The molecule has 1 aromatic heterocycles. The zero-order valence-corrected chi connectivity index (χ0v) is 6.66. The zero-order chi connectivity index (χ0) is 8.27. The third-order valence-electron chi connectivity index (χ3n) is 1.51. The molecule has 4 nitrogen and oxygen atoms in total. The first-order valence-corrected chi connectivity index (χ1v) is 3.43. The number of nitrogens with two attached hydrogens (primary N) is 1. The van der Waals surface area contributed by atoms with Gasteiger partial charge in [-0.15, -0.1) is 5.10 Å². The molecular weight excluding hydrogens is 142 g/mol. The van der Waals surface area contributed by atoms with Gasteiger partial charge in [0.1, 0.15) is 5.69 Å². The van der Waals surface area contributed by atoms with Crippen molar-refractivity contribution in [1.29, 1.82) is 0 Å². The minimum atomic E-state index is 0.407. The lowest BCUT2D eigenvalue weighted by molar-refractivity contribution is 0.394. The second-order valence-corrected chi connectivity index (χ2v) is 2.15. The van der Waals surface area contributed by atoms with E-state index >= 15 is 0 Å². The van der Waals surface area contributed by atoms with Gasteiger partial charge in [0.25, 0.3) is 5.88 Å². The van der Waals surface area contributed by atoms with Crippen LogP contribution >= 0.6 is 0 Å². The third-order valence-corrected chi connectivity index (χ3v) is 1.51. The Kier molecular flexibility index (Phi) is 2.25. The molecule has 1 aromatic rings. The normalized spacial score (nSPS) is 9.64. The van der Waals surface area contributed by atoms with Gasteiger partial charge in [-0.25, -0.2) is 0 Å². The summed E-state index contributed by atoms with van der Waals surface area (Å²) in [6, 6.07) is 0. The Hall–Kier alpha value is -1.32. The Morgan fingerprint density at radius 1 is 1.64 bits per heavy atom. The molecule has 0 aliphatic heterocycles. The van der Waals surface area contributed by atoms with Crippen LogP contribution in [0.25, 0.3) is 0 Å². The van der Waals surface area contributed by atoms with E-state index in [1.54, 1.807) is 6.20 Å². The lowest BCUT2D eigenvalue weighted by Crippen LogP contribution is -2.01. The number of aryl methyl sites for hydroxylation is 1. The Labute approximate surface area is 65.4 Å². The molecule has 0 fully saturated rings. The van der Waals surface area contributed by atoms with Crippen LogP contribution in [0, 0.1) is 0 Å². The van der Waals surface area contributed by atoms with Crippen molar-refractivity contribution >= 4 is 5.69 Å². The number of ether oxygens (including phenoxy) is 1. The van der Waals surface area contributed by atoms with Crippen molar-refractivity contribution in [2.45, 2.75) is 13.3 Å². The average Bonchev–Trinajstić information content (AvgIpc) is 2.05. The molecule has 0 aliphatic rings. The largest absolute Gasteiger partial charge is 0.478 e. The highest BCUT2D eigenvalue weighted by atomic mass is 16.5. The summed E-state index contributed by atoms with van der Waals surface area (Å²) in [6.45, 7) is 2.01. The minimum Gasteiger partial charge on any atom is -0.478 e. The maximum absolute atomic E-state index is 5.68. The molecule has 0 saturated carbocycles. The van der Waals surface area contributed by atoms with Gasteiger partial charge in [0, 0.05) is 5.56 Å². The monoisotopic (exact) mass is 153 g/mol. The first-order chi connectivity index (χ1) is 5.29. The highest BCUT2D eigenvalue weighted by Gasteiger charge is 2.04. The minimum absolute atomic E-state index is 0.407. The van der Waals surface area contributed by atoms with Crippen LogP contribution in [0.1, 0.15) is 12.5 Å². The first-order valence-electron chi connectivity index (χ1n) is 3.43. The van der Waals surface area contributed by atoms with E-state index in [1.807, 2.05) is 6.92 Å². The Morgan fingerprint density at radius 3 is 2.91 bits per heavy atom. The molecule has 0 saturated heterocycles. The molecule has 0 spiro atoms. The van der Waals surface area contributed by atoms with Crippen LogP contribution in [0.3, 0.4) is 0 Å². The molecule has 0 bridgehead atoms. The van der Waals surface area contributed by atoms with Gasteiger partial charge in [-0.05, 0) is 6.42 Å². The van der Waals surface area contributed by atoms with E-state index in [1.165, 1.54) is 7.11 Å². The fourth-order valence-corrected chi connectivity index (χ4v) is 0.844. The quantitative estimate of drug-likeness (QED) is 0.677. The third kappa shape index (κ3) is 1.39. The van der Waals surface area contributed by atoms with Crippen molar-refractivity contribution in [3.8, 4) is 5.88 Å². The van der Waals surface area contributed by atoms with Gasteiger partial charge in [-0.1, -0.05) is 6.92 Å². The van der Waals surface area contributed by atoms with Gasteiger partial charge < -0.3 is 10.5 Å². The van der Waals surface area contributed by atoms with Gasteiger partial charge in [0.15, 0.2) is 0 Å². The van der Waals surface area contributed by atoms with Crippen LogP contribution in [-0.2, 0) is 6.42 Å². The van der Waals surface area contributed by atoms with Gasteiger partial charge in [0.05, 0.1) is 13.3 Å². The second kappa shape index (κ2) is 3.18. The van der Waals surface area contributed by atoms with E-state index < -0.39 is 0 Å². The smallest absolute Gasteiger partial charge is 0.256 e. The van der Waals surface area contributed by atoms with Crippen molar-refractivity contribution < 1.29 is 4.74 Å². The van der Waals surface area contributed by atoms with Gasteiger partial charge in [-0.3, -0.25) is 0 Å². The van der Waals surface area contributed by atoms with E-state index in [0.29, 0.717) is 11.6 Å². The van der Waals surface area contributed by atoms with Crippen LogP contribution < -0.4 is 10.5 Å². The number of hydrogen-bond acceptors (Lipinski definition) is 4. The van der Waals surface area contributed by atoms with Crippen LogP contribution in [0.15, 0.2) is 6.20 Å². The van der Waals surface area contributed by atoms with E-state index in [2.05, 4.69) is 10.2 Å².